The van der Waals surface area contributed by atoms with E-state index in [0.717, 1.165) is 23.9 Å². The Bertz CT molecular complexity index is 960. The molecule has 2 amide bonds. The van der Waals surface area contributed by atoms with Gasteiger partial charge in [0.1, 0.15) is 11.6 Å². The molecule has 1 aromatic carbocycles. The number of carbonyl (C=O) groups excluding carboxylic acids is 1. The number of carbonyl (C=O) groups is 1. The largest absolute Gasteiger partial charge is 0.331 e. The average molecular weight is 383 g/mol. The van der Waals surface area contributed by atoms with Crippen molar-refractivity contribution in [1.82, 2.24) is 19.4 Å². The van der Waals surface area contributed by atoms with E-state index in [9.17, 15) is 18.8 Å². The summed E-state index contributed by atoms with van der Waals surface area (Å²) in [6.45, 7) is 2.85. The number of likely N-dealkylation sites (tertiary alicyclic amines) is 1. The first-order valence-electron chi connectivity index (χ1n) is 9.16. The van der Waals surface area contributed by atoms with E-state index in [2.05, 4.69) is 11.1 Å². The molecule has 2 aliphatic heterocycles. The number of rotatable bonds is 1. The fraction of sp³-hybridized carbons (Fsp3) is 0.350. The smallest absolute Gasteiger partial charge is 0.320 e. The maximum absolute atomic E-state index is 13.5. The van der Waals surface area contributed by atoms with E-state index in [1.807, 2.05) is 4.57 Å². The number of nitrogens with zero attached hydrogens (tertiary/aromatic N) is 5. The molecule has 1 fully saturated rings. The van der Waals surface area contributed by atoms with Crippen LogP contribution in [0, 0.1) is 23.0 Å². The van der Waals surface area contributed by atoms with Gasteiger partial charge in [0.15, 0.2) is 0 Å². The highest BCUT2D eigenvalue weighted by Crippen LogP contribution is 2.28. The second-order valence-electron chi connectivity index (χ2n) is 7.02. The minimum absolute atomic E-state index is 0.0261. The van der Waals surface area contributed by atoms with Crippen LogP contribution in [0.5, 0.6) is 0 Å². The van der Waals surface area contributed by atoms with E-state index < -0.39 is 11.6 Å². The van der Waals surface area contributed by atoms with Crippen molar-refractivity contribution in [3.63, 3.8) is 0 Å². The summed E-state index contributed by atoms with van der Waals surface area (Å²) < 4.78 is 29.1. The zero-order valence-electron chi connectivity index (χ0n) is 15.2. The minimum Gasteiger partial charge on any atom is -0.331 e. The molecule has 8 heteroatoms. The van der Waals surface area contributed by atoms with Gasteiger partial charge >= 0.3 is 6.03 Å². The van der Waals surface area contributed by atoms with Crippen LogP contribution in [0.1, 0.15) is 24.1 Å². The van der Waals surface area contributed by atoms with Gasteiger partial charge in [0.2, 0.25) is 0 Å². The molecule has 0 N–H and O–H groups in total. The third kappa shape index (κ3) is 3.48. The molecule has 0 atom stereocenters. The van der Waals surface area contributed by atoms with Crippen LogP contribution in [0.4, 0.5) is 13.6 Å². The first-order valence-corrected chi connectivity index (χ1v) is 9.16. The Morgan fingerprint density at radius 2 is 1.75 bits per heavy atom. The number of amides is 2. The molecule has 2 aromatic rings. The molecule has 0 unspecified atom stereocenters. The van der Waals surface area contributed by atoms with Crippen molar-refractivity contribution in [2.45, 2.75) is 25.9 Å². The Morgan fingerprint density at radius 3 is 2.43 bits per heavy atom. The van der Waals surface area contributed by atoms with Gasteiger partial charge in [-0.3, -0.25) is 0 Å². The maximum Gasteiger partial charge on any atom is 0.320 e. The summed E-state index contributed by atoms with van der Waals surface area (Å²) in [6.07, 6.45) is 4.57. The molecule has 0 aliphatic carbocycles. The molecule has 1 saturated heterocycles. The van der Waals surface area contributed by atoms with Gasteiger partial charge in [-0.2, -0.15) is 5.26 Å². The van der Waals surface area contributed by atoms with Crippen molar-refractivity contribution in [3.05, 3.63) is 59.2 Å². The van der Waals surface area contributed by atoms with Gasteiger partial charge in [-0.1, -0.05) is 0 Å². The molecule has 0 saturated carbocycles. The zero-order chi connectivity index (χ0) is 19.7. The van der Waals surface area contributed by atoms with E-state index in [1.54, 1.807) is 22.3 Å². The average Bonchev–Trinajstić information content (AvgIpc) is 3.15. The Kier molecular flexibility index (Phi) is 4.82. The molecule has 144 valence electrons. The van der Waals surface area contributed by atoms with Gasteiger partial charge in [-0.25, -0.2) is 18.6 Å². The standard InChI is InChI=1S/C20H19F2N5O/c21-16-7-15(8-17(22)9-16)19(10-23)14-1-3-25(4-2-14)20(28)26-5-6-27-13-24-11-18(27)12-26/h7-9,11,13H,1-6,12H2. The third-order valence-corrected chi connectivity index (χ3v) is 5.29. The van der Waals surface area contributed by atoms with Crippen LogP contribution in [-0.4, -0.2) is 45.0 Å². The van der Waals surface area contributed by atoms with Crippen LogP contribution in [0.15, 0.2) is 36.3 Å². The highest BCUT2D eigenvalue weighted by molar-refractivity contribution is 5.80. The van der Waals surface area contributed by atoms with Crippen molar-refractivity contribution >= 4 is 11.6 Å². The summed E-state index contributed by atoms with van der Waals surface area (Å²) >= 11 is 0. The molecule has 0 radical (unpaired) electrons. The predicted molar refractivity (Wildman–Crippen MR) is 97.7 cm³/mol. The number of nitriles is 1. The second kappa shape index (κ2) is 7.43. The van der Waals surface area contributed by atoms with Gasteiger partial charge in [-0.05, 0) is 36.1 Å². The lowest BCUT2D eigenvalue weighted by molar-refractivity contribution is 0.137. The highest BCUT2D eigenvalue weighted by Gasteiger charge is 2.28. The first kappa shape index (κ1) is 18.2. The second-order valence-corrected chi connectivity index (χ2v) is 7.02. The Hall–Kier alpha value is -3.21. The lowest BCUT2D eigenvalue weighted by Crippen LogP contribution is -2.48. The lowest BCUT2D eigenvalue weighted by atomic mass is 9.94. The number of imidazole rings is 1. The third-order valence-electron chi connectivity index (χ3n) is 5.29. The monoisotopic (exact) mass is 383 g/mol. The molecular formula is C20H19F2N5O. The number of hydrogen-bond donors (Lipinski definition) is 0. The summed E-state index contributed by atoms with van der Waals surface area (Å²) in [5.41, 5.74) is 2.39. The van der Waals surface area contributed by atoms with Crippen LogP contribution >= 0.6 is 0 Å². The van der Waals surface area contributed by atoms with Crippen molar-refractivity contribution in [2.75, 3.05) is 19.6 Å². The van der Waals surface area contributed by atoms with Crippen LogP contribution < -0.4 is 0 Å². The molecule has 2 aliphatic rings. The Balaban J connectivity index is 1.46. The molecule has 0 spiro atoms. The molecule has 3 heterocycles. The maximum atomic E-state index is 13.5. The normalized spacial score (nSPS) is 16.5. The van der Waals surface area contributed by atoms with Gasteiger partial charge < -0.3 is 14.4 Å². The molecule has 1 aromatic heterocycles. The number of hydrogen-bond acceptors (Lipinski definition) is 3. The fourth-order valence-corrected chi connectivity index (χ4v) is 3.81. The number of allylic oxidation sites excluding steroid dienone is 1. The number of urea groups is 1. The summed E-state index contributed by atoms with van der Waals surface area (Å²) in [4.78, 5) is 20.5. The van der Waals surface area contributed by atoms with Gasteiger partial charge in [0, 0.05) is 38.4 Å². The summed E-state index contributed by atoms with van der Waals surface area (Å²) in [6, 6.07) is 5.18. The van der Waals surface area contributed by atoms with Crippen LogP contribution in [0.3, 0.4) is 0 Å². The lowest BCUT2D eigenvalue weighted by Gasteiger charge is -2.36. The fourth-order valence-electron chi connectivity index (χ4n) is 3.81. The molecule has 28 heavy (non-hydrogen) atoms. The summed E-state index contributed by atoms with van der Waals surface area (Å²) in [5.74, 6) is -1.42. The van der Waals surface area contributed by atoms with Gasteiger partial charge in [-0.15, -0.1) is 0 Å². The van der Waals surface area contributed by atoms with E-state index in [0.29, 0.717) is 44.6 Å². The van der Waals surface area contributed by atoms with E-state index in [1.165, 1.54) is 12.1 Å². The van der Waals surface area contributed by atoms with Crippen molar-refractivity contribution in [1.29, 1.82) is 5.26 Å². The molecular weight excluding hydrogens is 364 g/mol. The first-order chi connectivity index (χ1) is 13.5. The van der Waals surface area contributed by atoms with Gasteiger partial charge in [0.05, 0.1) is 30.2 Å². The van der Waals surface area contributed by atoms with Crippen LogP contribution in [0.2, 0.25) is 0 Å². The summed E-state index contributed by atoms with van der Waals surface area (Å²) in [5, 5.41) is 9.52. The van der Waals surface area contributed by atoms with Crippen LogP contribution in [0.25, 0.3) is 5.57 Å². The van der Waals surface area contributed by atoms with Crippen LogP contribution in [-0.2, 0) is 13.1 Å². The predicted octanol–water partition coefficient (Wildman–Crippen LogP) is 3.17. The number of halogens is 2. The van der Waals surface area contributed by atoms with E-state index in [4.69, 9.17) is 0 Å². The van der Waals surface area contributed by atoms with E-state index >= 15 is 0 Å². The topological polar surface area (TPSA) is 65.2 Å². The number of fused-ring (bicyclic) bond motifs is 1. The van der Waals surface area contributed by atoms with E-state index in [-0.39, 0.29) is 11.6 Å². The Labute approximate surface area is 161 Å². The molecule has 4 rings (SSSR count). The zero-order valence-corrected chi connectivity index (χ0v) is 15.2. The number of benzene rings is 1. The number of aromatic nitrogens is 2. The van der Waals surface area contributed by atoms with Crippen molar-refractivity contribution < 1.29 is 13.6 Å². The number of piperidine rings is 1. The van der Waals surface area contributed by atoms with Crippen molar-refractivity contribution in [3.8, 4) is 6.07 Å². The SMILES string of the molecule is N#CC(=C1CCN(C(=O)N2CCn3cncc3C2)CC1)c1cc(F)cc(F)c1. The Morgan fingerprint density at radius 1 is 1.04 bits per heavy atom. The molecule has 6 nitrogen and oxygen atoms in total. The molecule has 0 bridgehead atoms. The summed E-state index contributed by atoms with van der Waals surface area (Å²) in [7, 11) is 0. The van der Waals surface area contributed by atoms with Crippen molar-refractivity contribution in [2.24, 2.45) is 0 Å². The highest BCUT2D eigenvalue weighted by atomic mass is 19.1. The quantitative estimate of drug-likeness (QED) is 0.711. The minimum atomic E-state index is -0.708. The van der Waals surface area contributed by atoms with Gasteiger partial charge in [0.25, 0.3) is 0 Å².